The number of carbonyl (C=O) groups is 1. The molecule has 0 saturated heterocycles. The fourth-order valence-corrected chi connectivity index (χ4v) is 3.36. The Labute approximate surface area is 148 Å². The molecule has 2 aromatic carbocycles. The van der Waals surface area contributed by atoms with E-state index in [9.17, 15) is 4.79 Å². The SMILES string of the molecule is CCCCC(C)n1cc(C(=O)c2cccc(Cl)c2)c2ccccc21. The summed E-state index contributed by atoms with van der Waals surface area (Å²) in [6, 6.07) is 15.7. The van der Waals surface area contributed by atoms with Crippen molar-refractivity contribution in [3.8, 4) is 0 Å². The van der Waals surface area contributed by atoms with E-state index >= 15 is 0 Å². The molecule has 0 spiro atoms. The lowest BCUT2D eigenvalue weighted by molar-refractivity contribution is 0.104. The van der Waals surface area contributed by atoms with Crippen molar-refractivity contribution in [1.29, 1.82) is 0 Å². The minimum Gasteiger partial charge on any atom is -0.344 e. The summed E-state index contributed by atoms with van der Waals surface area (Å²) in [4.78, 5) is 13.0. The number of benzene rings is 2. The Kier molecular flexibility index (Phi) is 5.06. The van der Waals surface area contributed by atoms with E-state index in [4.69, 9.17) is 11.6 Å². The minimum atomic E-state index is 0.0233. The highest BCUT2D eigenvalue weighted by Gasteiger charge is 2.18. The van der Waals surface area contributed by atoms with Gasteiger partial charge in [-0.1, -0.05) is 61.7 Å². The lowest BCUT2D eigenvalue weighted by Crippen LogP contribution is -2.04. The Morgan fingerprint density at radius 1 is 1.17 bits per heavy atom. The van der Waals surface area contributed by atoms with Crippen molar-refractivity contribution >= 4 is 28.3 Å². The maximum absolute atomic E-state index is 13.0. The molecule has 2 nitrogen and oxygen atoms in total. The molecule has 0 amide bonds. The Hall–Kier alpha value is -2.06. The Morgan fingerprint density at radius 3 is 2.71 bits per heavy atom. The van der Waals surface area contributed by atoms with Gasteiger partial charge in [0.25, 0.3) is 0 Å². The van der Waals surface area contributed by atoms with Crippen molar-refractivity contribution in [1.82, 2.24) is 4.57 Å². The summed E-state index contributed by atoms with van der Waals surface area (Å²) in [6.07, 6.45) is 5.48. The standard InChI is InChI=1S/C21H22ClNO/c1-3-4-8-15(2)23-14-19(18-11-5-6-12-20(18)23)21(24)16-9-7-10-17(22)13-16/h5-7,9-15H,3-4,8H2,1-2H3. The van der Waals surface area contributed by atoms with Crippen LogP contribution in [0, 0.1) is 0 Å². The molecule has 1 atom stereocenters. The highest BCUT2D eigenvalue weighted by molar-refractivity contribution is 6.31. The fraction of sp³-hybridized carbons (Fsp3) is 0.286. The lowest BCUT2D eigenvalue weighted by atomic mass is 10.0. The molecule has 0 aliphatic rings. The van der Waals surface area contributed by atoms with Crippen molar-refractivity contribution < 1.29 is 4.79 Å². The number of aromatic nitrogens is 1. The second kappa shape index (κ2) is 7.23. The first-order chi connectivity index (χ1) is 11.6. The summed E-state index contributed by atoms with van der Waals surface area (Å²) in [5.41, 5.74) is 2.49. The predicted molar refractivity (Wildman–Crippen MR) is 101 cm³/mol. The second-order valence-electron chi connectivity index (χ2n) is 6.30. The summed E-state index contributed by atoms with van der Waals surface area (Å²) >= 11 is 6.05. The van der Waals surface area contributed by atoms with Crippen molar-refractivity contribution in [2.75, 3.05) is 0 Å². The highest BCUT2D eigenvalue weighted by Crippen LogP contribution is 2.29. The largest absolute Gasteiger partial charge is 0.344 e. The molecule has 0 fully saturated rings. The van der Waals surface area contributed by atoms with Gasteiger partial charge in [0.2, 0.25) is 0 Å². The molecule has 1 unspecified atom stereocenters. The zero-order valence-corrected chi connectivity index (χ0v) is 14.9. The first-order valence-corrected chi connectivity index (χ1v) is 8.89. The molecular formula is C21H22ClNO. The van der Waals surface area contributed by atoms with Crippen LogP contribution >= 0.6 is 11.6 Å². The summed E-state index contributed by atoms with van der Waals surface area (Å²) in [5, 5.41) is 1.59. The number of nitrogens with zero attached hydrogens (tertiary/aromatic N) is 1. The van der Waals surface area contributed by atoms with Crippen molar-refractivity contribution in [3.63, 3.8) is 0 Å². The number of halogens is 1. The number of carbonyl (C=O) groups excluding carboxylic acids is 1. The Balaban J connectivity index is 2.07. The van der Waals surface area contributed by atoms with Crippen molar-refractivity contribution in [2.24, 2.45) is 0 Å². The molecule has 0 radical (unpaired) electrons. The average Bonchev–Trinajstić information content (AvgIpc) is 2.99. The van der Waals surface area contributed by atoms with E-state index in [1.54, 1.807) is 12.1 Å². The number of para-hydroxylation sites is 1. The topological polar surface area (TPSA) is 22.0 Å². The zero-order valence-electron chi connectivity index (χ0n) is 14.1. The van der Waals surface area contributed by atoms with Crippen LogP contribution in [0.4, 0.5) is 0 Å². The van der Waals surface area contributed by atoms with Crippen LogP contribution < -0.4 is 0 Å². The first kappa shape index (κ1) is 16.8. The van der Waals surface area contributed by atoms with Crippen LogP contribution in [0.1, 0.15) is 55.1 Å². The Morgan fingerprint density at radius 2 is 1.96 bits per heavy atom. The van der Waals surface area contributed by atoms with Crippen LogP contribution in [-0.4, -0.2) is 10.4 Å². The van der Waals surface area contributed by atoms with Gasteiger partial charge in [0.1, 0.15) is 0 Å². The monoisotopic (exact) mass is 339 g/mol. The van der Waals surface area contributed by atoms with E-state index < -0.39 is 0 Å². The second-order valence-corrected chi connectivity index (χ2v) is 6.73. The highest BCUT2D eigenvalue weighted by atomic mass is 35.5. The predicted octanol–water partition coefficient (Wildman–Crippen LogP) is 6.28. The van der Waals surface area contributed by atoms with E-state index in [0.717, 1.165) is 22.9 Å². The summed E-state index contributed by atoms with van der Waals surface area (Å²) in [7, 11) is 0. The number of fused-ring (bicyclic) bond motifs is 1. The summed E-state index contributed by atoms with van der Waals surface area (Å²) in [5.74, 6) is 0.0233. The van der Waals surface area contributed by atoms with Crippen LogP contribution in [0.15, 0.2) is 54.7 Å². The normalized spacial score (nSPS) is 12.5. The summed E-state index contributed by atoms with van der Waals surface area (Å²) < 4.78 is 2.24. The van der Waals surface area contributed by atoms with Crippen molar-refractivity contribution in [2.45, 2.75) is 39.2 Å². The van der Waals surface area contributed by atoms with E-state index in [1.165, 1.54) is 12.8 Å². The van der Waals surface area contributed by atoms with Crippen LogP contribution in [0.25, 0.3) is 10.9 Å². The number of rotatable bonds is 6. The molecule has 3 heteroatoms. The summed E-state index contributed by atoms with van der Waals surface area (Å²) in [6.45, 7) is 4.42. The first-order valence-electron chi connectivity index (χ1n) is 8.51. The van der Waals surface area contributed by atoms with Gasteiger partial charge >= 0.3 is 0 Å². The number of hydrogen-bond donors (Lipinski definition) is 0. The van der Waals surface area contributed by atoms with Crippen LogP contribution in [0.3, 0.4) is 0 Å². The lowest BCUT2D eigenvalue weighted by Gasteiger charge is -2.14. The van der Waals surface area contributed by atoms with Gasteiger partial charge in [-0.25, -0.2) is 0 Å². The number of ketones is 1. The molecule has 124 valence electrons. The van der Waals surface area contributed by atoms with Crippen LogP contribution in [-0.2, 0) is 0 Å². The molecule has 3 aromatic rings. The van der Waals surface area contributed by atoms with Gasteiger partial charge in [-0.3, -0.25) is 4.79 Å². The van der Waals surface area contributed by atoms with E-state index in [0.29, 0.717) is 16.6 Å². The third-order valence-electron chi connectivity index (χ3n) is 4.52. The maximum Gasteiger partial charge on any atom is 0.195 e. The van der Waals surface area contributed by atoms with Crippen LogP contribution in [0.5, 0.6) is 0 Å². The van der Waals surface area contributed by atoms with Gasteiger partial charge in [0, 0.05) is 39.3 Å². The zero-order chi connectivity index (χ0) is 17.1. The van der Waals surface area contributed by atoms with E-state index in [-0.39, 0.29) is 5.78 Å². The third kappa shape index (κ3) is 3.25. The number of unbranched alkanes of at least 4 members (excludes halogenated alkanes) is 1. The fourth-order valence-electron chi connectivity index (χ4n) is 3.17. The van der Waals surface area contributed by atoms with Gasteiger partial charge in [-0.2, -0.15) is 0 Å². The minimum absolute atomic E-state index is 0.0233. The number of hydrogen-bond acceptors (Lipinski definition) is 1. The molecule has 24 heavy (non-hydrogen) atoms. The van der Waals surface area contributed by atoms with Gasteiger partial charge in [0.05, 0.1) is 0 Å². The quantitative estimate of drug-likeness (QED) is 0.484. The molecule has 0 aliphatic heterocycles. The molecular weight excluding hydrogens is 318 g/mol. The molecule has 3 rings (SSSR count). The average molecular weight is 340 g/mol. The van der Waals surface area contributed by atoms with Gasteiger partial charge in [-0.15, -0.1) is 0 Å². The van der Waals surface area contributed by atoms with Crippen molar-refractivity contribution in [3.05, 3.63) is 70.9 Å². The van der Waals surface area contributed by atoms with Crippen LogP contribution in [0.2, 0.25) is 5.02 Å². The van der Waals surface area contributed by atoms with Gasteiger partial charge < -0.3 is 4.57 Å². The molecule has 0 N–H and O–H groups in total. The smallest absolute Gasteiger partial charge is 0.195 e. The Bertz CT molecular complexity index is 865. The third-order valence-corrected chi connectivity index (χ3v) is 4.76. The molecule has 1 aromatic heterocycles. The molecule has 0 bridgehead atoms. The molecule has 1 heterocycles. The molecule has 0 saturated carbocycles. The van der Waals surface area contributed by atoms with E-state index in [1.807, 2.05) is 36.5 Å². The van der Waals surface area contributed by atoms with E-state index in [2.05, 4.69) is 24.5 Å². The van der Waals surface area contributed by atoms with Gasteiger partial charge in [-0.05, 0) is 31.5 Å². The maximum atomic E-state index is 13.0. The molecule has 0 aliphatic carbocycles. The van der Waals surface area contributed by atoms with Gasteiger partial charge in [0.15, 0.2) is 5.78 Å².